The summed E-state index contributed by atoms with van der Waals surface area (Å²) in [5.41, 5.74) is 3.64. The molecule has 1 aromatic carbocycles. The number of hydrogen-bond acceptors (Lipinski definition) is 3. The third kappa shape index (κ3) is 3.18. The van der Waals surface area contributed by atoms with Gasteiger partial charge in [0.05, 0.1) is 35.4 Å². The van der Waals surface area contributed by atoms with Gasteiger partial charge in [0.1, 0.15) is 0 Å². The number of benzene rings is 1. The highest BCUT2D eigenvalue weighted by atomic mass is 19.2. The van der Waals surface area contributed by atoms with Gasteiger partial charge in [-0.25, -0.2) is 13.2 Å². The Balaban J connectivity index is 1.67. The molecule has 158 valence electrons. The lowest BCUT2D eigenvalue weighted by Crippen LogP contribution is -2.36. The molecular formula is C21H22F3N5O. The number of fused-ring (bicyclic) bond motifs is 1. The van der Waals surface area contributed by atoms with Crippen LogP contribution in [0.4, 0.5) is 13.2 Å². The molecule has 1 amide bonds. The monoisotopic (exact) mass is 417 g/mol. The molecule has 4 rings (SSSR count). The van der Waals surface area contributed by atoms with Crippen LogP contribution in [-0.2, 0) is 27.1 Å². The minimum Gasteiger partial charge on any atom is -0.332 e. The van der Waals surface area contributed by atoms with Crippen molar-refractivity contribution in [2.24, 2.45) is 14.1 Å². The molecule has 6 nitrogen and oxygen atoms in total. The number of hydrogen-bond donors (Lipinski definition) is 0. The summed E-state index contributed by atoms with van der Waals surface area (Å²) in [4.78, 5) is 14.8. The molecule has 0 saturated heterocycles. The summed E-state index contributed by atoms with van der Waals surface area (Å²) in [6.45, 7) is 4.73. The molecule has 1 aliphatic rings. The molecule has 0 radical (unpaired) electrons. The van der Waals surface area contributed by atoms with E-state index in [0.29, 0.717) is 29.9 Å². The Hall–Kier alpha value is -3.10. The van der Waals surface area contributed by atoms with E-state index < -0.39 is 17.5 Å². The standard InChI is InChI=1S/C21H22F3N5O/c1-11(2)19-14(9-25-27(19)3)21(30)29-6-5-13-17(10-29)26-28(4)20(13)12-7-15(22)18(24)16(23)8-12/h7-9,11H,5-6,10H2,1-4H3. The summed E-state index contributed by atoms with van der Waals surface area (Å²) < 4.78 is 44.1. The highest BCUT2D eigenvalue weighted by molar-refractivity contribution is 5.95. The van der Waals surface area contributed by atoms with E-state index in [1.54, 1.807) is 22.8 Å². The summed E-state index contributed by atoms with van der Waals surface area (Å²) >= 11 is 0. The highest BCUT2D eigenvalue weighted by Crippen LogP contribution is 2.32. The summed E-state index contributed by atoms with van der Waals surface area (Å²) in [6, 6.07) is 1.94. The summed E-state index contributed by atoms with van der Waals surface area (Å²) in [7, 11) is 3.48. The molecular weight excluding hydrogens is 395 g/mol. The lowest BCUT2D eigenvalue weighted by molar-refractivity contribution is 0.0730. The first-order valence-corrected chi connectivity index (χ1v) is 9.69. The zero-order chi connectivity index (χ0) is 21.7. The van der Waals surface area contributed by atoms with Crippen LogP contribution in [0.3, 0.4) is 0 Å². The Kier molecular flexibility index (Phi) is 4.91. The van der Waals surface area contributed by atoms with Gasteiger partial charge in [-0.3, -0.25) is 14.2 Å². The molecule has 0 bridgehead atoms. The molecule has 1 aliphatic heterocycles. The molecule has 9 heteroatoms. The van der Waals surface area contributed by atoms with Crippen LogP contribution in [0.2, 0.25) is 0 Å². The smallest absolute Gasteiger partial charge is 0.257 e. The average Bonchev–Trinajstić information content (AvgIpc) is 3.23. The largest absolute Gasteiger partial charge is 0.332 e. The molecule has 0 aliphatic carbocycles. The van der Waals surface area contributed by atoms with Crippen molar-refractivity contribution in [3.05, 3.63) is 58.3 Å². The second kappa shape index (κ2) is 7.30. The number of rotatable bonds is 3. The molecule has 0 saturated carbocycles. The van der Waals surface area contributed by atoms with Crippen LogP contribution >= 0.6 is 0 Å². The average molecular weight is 417 g/mol. The van der Waals surface area contributed by atoms with Crippen LogP contribution < -0.4 is 0 Å². The predicted octanol–water partition coefficient (Wildman–Crippen LogP) is 3.56. The van der Waals surface area contributed by atoms with Gasteiger partial charge in [-0.2, -0.15) is 10.2 Å². The quantitative estimate of drug-likeness (QED) is 0.613. The maximum Gasteiger partial charge on any atom is 0.257 e. The predicted molar refractivity (Wildman–Crippen MR) is 104 cm³/mol. The SMILES string of the molecule is CC(C)c1c(C(=O)N2CCc3c(nn(C)c3-c3cc(F)c(F)c(F)c3)C2)cnn1C. The van der Waals surface area contributed by atoms with E-state index in [0.717, 1.165) is 23.4 Å². The number of carbonyl (C=O) groups excluding carboxylic acids is 1. The van der Waals surface area contributed by atoms with E-state index in [1.165, 1.54) is 4.68 Å². The van der Waals surface area contributed by atoms with Crippen molar-refractivity contribution in [1.29, 1.82) is 0 Å². The molecule has 0 unspecified atom stereocenters. The van der Waals surface area contributed by atoms with Gasteiger partial charge in [0, 0.05) is 31.8 Å². The third-order valence-electron chi connectivity index (χ3n) is 5.51. The van der Waals surface area contributed by atoms with Crippen molar-refractivity contribution in [3.63, 3.8) is 0 Å². The zero-order valence-corrected chi connectivity index (χ0v) is 17.2. The molecule has 2 aromatic heterocycles. The number of halogens is 3. The third-order valence-corrected chi connectivity index (χ3v) is 5.51. The minimum atomic E-state index is -1.50. The Morgan fingerprint density at radius 2 is 1.77 bits per heavy atom. The van der Waals surface area contributed by atoms with Gasteiger partial charge in [0.25, 0.3) is 5.91 Å². The van der Waals surface area contributed by atoms with Gasteiger partial charge >= 0.3 is 0 Å². The fourth-order valence-electron chi connectivity index (χ4n) is 4.21. The van der Waals surface area contributed by atoms with E-state index in [4.69, 9.17) is 0 Å². The van der Waals surface area contributed by atoms with Gasteiger partial charge < -0.3 is 4.90 Å². The van der Waals surface area contributed by atoms with Crippen LogP contribution in [0.5, 0.6) is 0 Å². The second-order valence-electron chi connectivity index (χ2n) is 7.85. The first-order valence-electron chi connectivity index (χ1n) is 9.69. The number of carbonyl (C=O) groups is 1. The molecule has 3 aromatic rings. The fraction of sp³-hybridized carbons (Fsp3) is 0.381. The molecule has 0 spiro atoms. The summed E-state index contributed by atoms with van der Waals surface area (Å²) in [5.74, 6) is -3.97. The first kappa shape index (κ1) is 20.2. The molecule has 0 atom stereocenters. The Morgan fingerprint density at radius 3 is 2.40 bits per heavy atom. The van der Waals surface area contributed by atoms with Crippen LogP contribution in [0.1, 0.15) is 47.1 Å². The minimum absolute atomic E-state index is 0.122. The van der Waals surface area contributed by atoms with E-state index in [-0.39, 0.29) is 23.9 Å². The van der Waals surface area contributed by atoms with Crippen molar-refractivity contribution in [2.75, 3.05) is 6.54 Å². The van der Waals surface area contributed by atoms with E-state index in [9.17, 15) is 18.0 Å². The van der Waals surface area contributed by atoms with Crippen molar-refractivity contribution in [2.45, 2.75) is 32.7 Å². The van der Waals surface area contributed by atoms with Gasteiger partial charge in [-0.05, 0) is 24.5 Å². The van der Waals surface area contributed by atoms with Gasteiger partial charge in [0.2, 0.25) is 0 Å². The van der Waals surface area contributed by atoms with Gasteiger partial charge in [-0.15, -0.1) is 0 Å². The maximum atomic E-state index is 13.8. The summed E-state index contributed by atoms with van der Waals surface area (Å²) in [6.07, 6.45) is 2.06. The van der Waals surface area contributed by atoms with Crippen LogP contribution in [-0.4, -0.2) is 36.9 Å². The number of aromatic nitrogens is 4. The molecule has 3 heterocycles. The fourth-order valence-corrected chi connectivity index (χ4v) is 4.21. The lowest BCUT2D eigenvalue weighted by atomic mass is 9.98. The van der Waals surface area contributed by atoms with E-state index in [2.05, 4.69) is 10.2 Å². The van der Waals surface area contributed by atoms with Gasteiger partial charge in [-0.1, -0.05) is 13.8 Å². The Labute approximate surface area is 171 Å². The van der Waals surface area contributed by atoms with Crippen molar-refractivity contribution >= 4 is 5.91 Å². The van der Waals surface area contributed by atoms with Crippen molar-refractivity contribution in [3.8, 4) is 11.3 Å². The van der Waals surface area contributed by atoms with Crippen molar-refractivity contribution in [1.82, 2.24) is 24.5 Å². The normalized spacial score (nSPS) is 13.8. The summed E-state index contributed by atoms with van der Waals surface area (Å²) in [5, 5.41) is 8.69. The highest BCUT2D eigenvalue weighted by Gasteiger charge is 2.30. The zero-order valence-electron chi connectivity index (χ0n) is 17.2. The maximum absolute atomic E-state index is 13.8. The Morgan fingerprint density at radius 1 is 1.10 bits per heavy atom. The van der Waals surface area contributed by atoms with E-state index in [1.807, 2.05) is 20.9 Å². The molecule has 0 N–H and O–H groups in total. The van der Waals surface area contributed by atoms with Crippen LogP contribution in [0, 0.1) is 17.5 Å². The van der Waals surface area contributed by atoms with Crippen LogP contribution in [0.15, 0.2) is 18.3 Å². The van der Waals surface area contributed by atoms with Crippen molar-refractivity contribution < 1.29 is 18.0 Å². The number of aryl methyl sites for hydroxylation is 2. The number of nitrogens with zero attached hydrogens (tertiary/aromatic N) is 5. The van der Waals surface area contributed by atoms with Crippen LogP contribution in [0.25, 0.3) is 11.3 Å². The molecule has 30 heavy (non-hydrogen) atoms. The Bertz CT molecular complexity index is 1120. The first-order chi connectivity index (χ1) is 14.2. The van der Waals surface area contributed by atoms with E-state index >= 15 is 0 Å². The topological polar surface area (TPSA) is 56.0 Å². The lowest BCUT2D eigenvalue weighted by Gasteiger charge is -2.27. The number of amides is 1. The second-order valence-corrected chi connectivity index (χ2v) is 7.85. The molecule has 0 fully saturated rings. The van der Waals surface area contributed by atoms with Gasteiger partial charge in [0.15, 0.2) is 17.5 Å².